The van der Waals surface area contributed by atoms with Gasteiger partial charge in [0, 0.05) is 18.2 Å². The summed E-state index contributed by atoms with van der Waals surface area (Å²) < 4.78 is 1.78. The zero-order valence-corrected chi connectivity index (χ0v) is 14.7. The van der Waals surface area contributed by atoms with Gasteiger partial charge in [0.25, 0.3) is 0 Å². The maximum Gasteiger partial charge on any atom is 0.305 e. The molecule has 134 valence electrons. The molecule has 0 spiro atoms. The van der Waals surface area contributed by atoms with Crippen molar-refractivity contribution in [2.24, 2.45) is 0 Å². The number of aromatic nitrogens is 2. The van der Waals surface area contributed by atoms with E-state index < -0.39 is 11.5 Å². The van der Waals surface area contributed by atoms with E-state index in [1.165, 1.54) is 0 Å². The highest BCUT2D eigenvalue weighted by molar-refractivity contribution is 5.78. The van der Waals surface area contributed by atoms with Crippen LogP contribution in [0.15, 0.2) is 42.7 Å². The number of rotatable bonds is 9. The van der Waals surface area contributed by atoms with Gasteiger partial charge < -0.3 is 10.4 Å². The molecule has 0 bridgehead atoms. The number of carboxylic acids is 1. The van der Waals surface area contributed by atoms with E-state index in [0.29, 0.717) is 25.7 Å². The zero-order valence-electron chi connectivity index (χ0n) is 14.7. The molecule has 0 fully saturated rings. The second-order valence-electron chi connectivity index (χ2n) is 6.23. The maximum absolute atomic E-state index is 12.3. The van der Waals surface area contributed by atoms with Crippen LogP contribution in [-0.4, -0.2) is 32.3 Å². The van der Waals surface area contributed by atoms with E-state index in [2.05, 4.69) is 10.4 Å². The van der Waals surface area contributed by atoms with E-state index in [4.69, 9.17) is 5.11 Å². The van der Waals surface area contributed by atoms with E-state index in [1.54, 1.807) is 10.9 Å². The number of amides is 1. The lowest BCUT2D eigenvalue weighted by Crippen LogP contribution is -2.49. The Morgan fingerprint density at radius 1 is 1.20 bits per heavy atom. The molecule has 0 saturated carbocycles. The molecule has 1 aromatic carbocycles. The Morgan fingerprint density at radius 2 is 1.88 bits per heavy atom. The van der Waals surface area contributed by atoms with E-state index in [-0.39, 0.29) is 12.3 Å². The SMILES string of the molecule is CCC(CC)(CC(=O)O)NC(=O)CCc1cnn(-c2ccccc2)c1. The van der Waals surface area contributed by atoms with Crippen LogP contribution in [0.4, 0.5) is 0 Å². The number of carbonyl (C=O) groups is 2. The van der Waals surface area contributed by atoms with Crippen molar-refractivity contribution >= 4 is 11.9 Å². The number of hydrogen-bond acceptors (Lipinski definition) is 3. The van der Waals surface area contributed by atoms with Crippen molar-refractivity contribution in [3.8, 4) is 5.69 Å². The molecule has 2 aromatic rings. The fourth-order valence-corrected chi connectivity index (χ4v) is 2.84. The smallest absolute Gasteiger partial charge is 0.305 e. The van der Waals surface area contributed by atoms with Gasteiger partial charge in [-0.3, -0.25) is 9.59 Å². The van der Waals surface area contributed by atoms with Crippen molar-refractivity contribution in [1.29, 1.82) is 0 Å². The predicted octanol–water partition coefficient (Wildman–Crippen LogP) is 2.95. The van der Waals surface area contributed by atoms with Crippen molar-refractivity contribution in [2.75, 3.05) is 0 Å². The second kappa shape index (κ2) is 8.46. The summed E-state index contributed by atoms with van der Waals surface area (Å²) in [5.74, 6) is -1.02. The third-order valence-electron chi connectivity index (χ3n) is 4.55. The number of carboxylic acid groups (broad SMARTS) is 1. The van der Waals surface area contributed by atoms with Crippen LogP contribution in [0, 0.1) is 0 Å². The first-order valence-corrected chi connectivity index (χ1v) is 8.60. The van der Waals surface area contributed by atoms with Crippen LogP contribution < -0.4 is 5.32 Å². The minimum Gasteiger partial charge on any atom is -0.481 e. The first-order chi connectivity index (χ1) is 12.0. The van der Waals surface area contributed by atoms with Gasteiger partial charge >= 0.3 is 5.97 Å². The summed E-state index contributed by atoms with van der Waals surface area (Å²) in [4.78, 5) is 23.3. The Hall–Kier alpha value is -2.63. The number of nitrogens with zero attached hydrogens (tertiary/aromatic N) is 2. The topological polar surface area (TPSA) is 84.2 Å². The van der Waals surface area contributed by atoms with Crippen LogP contribution in [0.5, 0.6) is 0 Å². The van der Waals surface area contributed by atoms with E-state index >= 15 is 0 Å². The number of hydrogen-bond donors (Lipinski definition) is 2. The van der Waals surface area contributed by atoms with Crippen molar-refractivity contribution in [2.45, 2.75) is 51.5 Å². The molecule has 2 N–H and O–H groups in total. The normalized spacial score (nSPS) is 11.3. The number of carbonyl (C=O) groups excluding carboxylic acids is 1. The lowest BCUT2D eigenvalue weighted by molar-refractivity contribution is -0.139. The molecule has 2 rings (SSSR count). The standard InChI is InChI=1S/C19H25N3O3/c1-3-19(4-2,12-18(24)25)21-17(23)11-10-15-13-20-22(14-15)16-8-6-5-7-9-16/h5-9,13-14H,3-4,10-12H2,1-2H3,(H,21,23)(H,24,25). The molecular weight excluding hydrogens is 318 g/mol. The van der Waals surface area contributed by atoms with Gasteiger partial charge in [-0.15, -0.1) is 0 Å². The Kier molecular flexibility index (Phi) is 6.33. The van der Waals surface area contributed by atoms with Crippen molar-refractivity contribution in [3.05, 3.63) is 48.3 Å². The first-order valence-electron chi connectivity index (χ1n) is 8.60. The van der Waals surface area contributed by atoms with Crippen LogP contribution in [0.25, 0.3) is 5.69 Å². The maximum atomic E-state index is 12.3. The second-order valence-corrected chi connectivity index (χ2v) is 6.23. The average Bonchev–Trinajstić information content (AvgIpc) is 3.09. The number of benzene rings is 1. The minimum atomic E-state index is -0.895. The van der Waals surface area contributed by atoms with E-state index in [9.17, 15) is 9.59 Å². The van der Waals surface area contributed by atoms with Crippen molar-refractivity contribution in [3.63, 3.8) is 0 Å². The van der Waals surface area contributed by atoms with Gasteiger partial charge in [0.2, 0.25) is 5.91 Å². The molecular formula is C19H25N3O3. The number of nitrogens with one attached hydrogen (secondary N) is 1. The largest absolute Gasteiger partial charge is 0.481 e. The van der Waals surface area contributed by atoms with Gasteiger partial charge in [0.05, 0.1) is 18.3 Å². The molecule has 0 radical (unpaired) electrons. The van der Waals surface area contributed by atoms with Gasteiger partial charge in [-0.1, -0.05) is 32.0 Å². The van der Waals surface area contributed by atoms with Crippen LogP contribution in [0.3, 0.4) is 0 Å². The van der Waals surface area contributed by atoms with Gasteiger partial charge in [-0.25, -0.2) is 4.68 Å². The molecule has 6 heteroatoms. The van der Waals surface area contributed by atoms with Crippen LogP contribution in [-0.2, 0) is 16.0 Å². The van der Waals surface area contributed by atoms with E-state index in [1.807, 2.05) is 50.4 Å². The summed E-state index contributed by atoms with van der Waals surface area (Å²) >= 11 is 0. The highest BCUT2D eigenvalue weighted by Crippen LogP contribution is 2.20. The van der Waals surface area contributed by atoms with Gasteiger partial charge in [0.1, 0.15) is 0 Å². The Morgan fingerprint density at radius 3 is 2.48 bits per heavy atom. The molecule has 0 saturated heterocycles. The van der Waals surface area contributed by atoms with Crippen molar-refractivity contribution in [1.82, 2.24) is 15.1 Å². The summed E-state index contributed by atoms with van der Waals surface area (Å²) in [7, 11) is 0. The third-order valence-corrected chi connectivity index (χ3v) is 4.55. The van der Waals surface area contributed by atoms with E-state index in [0.717, 1.165) is 11.3 Å². The lowest BCUT2D eigenvalue weighted by Gasteiger charge is -2.31. The summed E-state index contributed by atoms with van der Waals surface area (Å²) in [5, 5.41) is 16.3. The van der Waals surface area contributed by atoms with Gasteiger partial charge in [-0.2, -0.15) is 5.10 Å². The molecule has 0 aliphatic heterocycles. The molecule has 25 heavy (non-hydrogen) atoms. The molecule has 0 aliphatic rings. The highest BCUT2D eigenvalue weighted by Gasteiger charge is 2.30. The monoisotopic (exact) mass is 343 g/mol. The zero-order chi connectivity index (χ0) is 18.3. The fourth-order valence-electron chi connectivity index (χ4n) is 2.84. The van der Waals surface area contributed by atoms with Crippen LogP contribution in [0.2, 0.25) is 0 Å². The van der Waals surface area contributed by atoms with Gasteiger partial charge in [-0.05, 0) is 37.0 Å². The Balaban J connectivity index is 1.93. The first kappa shape index (κ1) is 18.7. The molecule has 0 unspecified atom stereocenters. The highest BCUT2D eigenvalue weighted by atomic mass is 16.4. The Labute approximate surface area is 147 Å². The average molecular weight is 343 g/mol. The molecule has 1 amide bonds. The molecule has 6 nitrogen and oxygen atoms in total. The predicted molar refractivity (Wildman–Crippen MR) is 95.6 cm³/mol. The fraction of sp³-hybridized carbons (Fsp3) is 0.421. The molecule has 0 aliphatic carbocycles. The van der Waals surface area contributed by atoms with Crippen molar-refractivity contribution < 1.29 is 14.7 Å². The van der Waals surface area contributed by atoms with Gasteiger partial charge in [0.15, 0.2) is 0 Å². The number of aliphatic carboxylic acids is 1. The number of aryl methyl sites for hydroxylation is 1. The summed E-state index contributed by atoms with van der Waals surface area (Å²) in [6, 6.07) is 9.77. The lowest BCUT2D eigenvalue weighted by atomic mass is 9.88. The van der Waals surface area contributed by atoms with Crippen LogP contribution in [0.1, 0.15) is 45.1 Å². The summed E-state index contributed by atoms with van der Waals surface area (Å²) in [6.07, 6.45) is 5.66. The quantitative estimate of drug-likeness (QED) is 0.733. The Bertz CT molecular complexity index is 706. The molecule has 1 heterocycles. The number of para-hydroxylation sites is 1. The summed E-state index contributed by atoms with van der Waals surface area (Å²) in [6.45, 7) is 3.80. The third kappa shape index (κ3) is 5.17. The molecule has 1 aromatic heterocycles. The minimum absolute atomic E-state index is 0.0579. The molecule has 0 atom stereocenters. The van der Waals surface area contributed by atoms with Crippen LogP contribution >= 0.6 is 0 Å². The summed E-state index contributed by atoms with van der Waals surface area (Å²) in [5.41, 5.74) is 1.27.